The Bertz CT molecular complexity index is 673. The van der Waals surface area contributed by atoms with Gasteiger partial charge in [-0.15, -0.1) is 12.4 Å². The molecule has 6 nitrogen and oxygen atoms in total. The van der Waals surface area contributed by atoms with Crippen molar-refractivity contribution in [1.29, 1.82) is 0 Å². The number of halogens is 1. The Morgan fingerprint density at radius 2 is 2.12 bits per heavy atom. The molecule has 7 heteroatoms. The van der Waals surface area contributed by atoms with Gasteiger partial charge in [0.25, 0.3) is 5.91 Å². The van der Waals surface area contributed by atoms with E-state index in [-0.39, 0.29) is 42.2 Å². The van der Waals surface area contributed by atoms with Crippen molar-refractivity contribution < 1.29 is 14.3 Å². The molecule has 0 bridgehead atoms. The number of nitrogens with zero attached hydrogens (tertiary/aromatic N) is 1. The Labute approximate surface area is 147 Å². The molecule has 24 heavy (non-hydrogen) atoms. The first-order valence-corrected chi connectivity index (χ1v) is 8.14. The first kappa shape index (κ1) is 17.0. The number of anilines is 2. The van der Waals surface area contributed by atoms with Gasteiger partial charge in [0, 0.05) is 18.7 Å². The van der Waals surface area contributed by atoms with Gasteiger partial charge < -0.3 is 20.3 Å². The van der Waals surface area contributed by atoms with E-state index in [1.165, 1.54) is 0 Å². The van der Waals surface area contributed by atoms with Gasteiger partial charge in [0.15, 0.2) is 6.61 Å². The molecule has 130 valence electrons. The Hall–Kier alpha value is -1.79. The van der Waals surface area contributed by atoms with Crippen LogP contribution in [-0.4, -0.2) is 38.6 Å². The number of fused-ring (bicyclic) bond motifs is 1. The van der Waals surface area contributed by atoms with Crippen LogP contribution in [0.2, 0.25) is 0 Å². The van der Waals surface area contributed by atoms with Gasteiger partial charge in [0.1, 0.15) is 5.75 Å². The van der Waals surface area contributed by atoms with Gasteiger partial charge in [-0.25, -0.2) is 0 Å². The maximum atomic E-state index is 12.5. The molecule has 0 radical (unpaired) electrons. The molecule has 1 aromatic carbocycles. The van der Waals surface area contributed by atoms with Crippen molar-refractivity contribution in [3.05, 3.63) is 18.2 Å². The number of rotatable bonds is 2. The molecule has 3 aliphatic rings. The Balaban J connectivity index is 0.00000169. The van der Waals surface area contributed by atoms with E-state index in [1.807, 2.05) is 12.1 Å². The third kappa shape index (κ3) is 2.84. The summed E-state index contributed by atoms with van der Waals surface area (Å²) in [6.45, 7) is 2.08. The highest BCUT2D eigenvalue weighted by atomic mass is 35.5. The fourth-order valence-corrected chi connectivity index (χ4v) is 3.77. The SMILES string of the molecule is CN1C(=O)COc2ccc(NC(=O)C3CC34CCNCC4)cc21.Cl. The van der Waals surface area contributed by atoms with Crippen molar-refractivity contribution in [3.63, 3.8) is 0 Å². The third-order valence-corrected chi connectivity index (χ3v) is 5.42. The highest BCUT2D eigenvalue weighted by molar-refractivity contribution is 6.00. The first-order valence-electron chi connectivity index (χ1n) is 8.14. The van der Waals surface area contributed by atoms with Crippen LogP contribution < -0.4 is 20.3 Å². The van der Waals surface area contributed by atoms with Crippen molar-refractivity contribution >= 4 is 35.6 Å². The van der Waals surface area contributed by atoms with Crippen molar-refractivity contribution in [1.82, 2.24) is 5.32 Å². The number of likely N-dealkylation sites (N-methyl/N-ethyl adjacent to an activating group) is 1. The van der Waals surface area contributed by atoms with Crippen LogP contribution >= 0.6 is 12.4 Å². The normalized spacial score (nSPS) is 23.8. The van der Waals surface area contributed by atoms with Crippen LogP contribution in [0.3, 0.4) is 0 Å². The molecule has 1 aliphatic carbocycles. The highest BCUT2D eigenvalue weighted by Crippen LogP contribution is 2.58. The fourth-order valence-electron chi connectivity index (χ4n) is 3.77. The second kappa shape index (κ2) is 6.26. The molecule has 1 atom stereocenters. The number of hydrogen-bond acceptors (Lipinski definition) is 4. The zero-order valence-electron chi connectivity index (χ0n) is 13.6. The summed E-state index contributed by atoms with van der Waals surface area (Å²) in [5, 5.41) is 6.36. The number of amides is 2. The molecule has 2 amide bonds. The largest absolute Gasteiger partial charge is 0.482 e. The summed E-state index contributed by atoms with van der Waals surface area (Å²) in [5.74, 6) is 0.803. The molecule has 4 rings (SSSR count). The predicted octanol–water partition coefficient (Wildman–Crippen LogP) is 1.79. The molecular formula is C17H22ClN3O3. The number of carbonyl (C=O) groups is 2. The molecular weight excluding hydrogens is 330 g/mol. The Kier molecular flexibility index (Phi) is 4.44. The number of hydrogen-bond donors (Lipinski definition) is 2. The van der Waals surface area contributed by atoms with E-state index in [2.05, 4.69) is 10.6 Å². The van der Waals surface area contributed by atoms with Crippen molar-refractivity contribution in [2.75, 3.05) is 37.0 Å². The molecule has 1 spiro atoms. The minimum absolute atomic E-state index is 0. The lowest BCUT2D eigenvalue weighted by molar-refractivity contribution is -0.121. The van der Waals surface area contributed by atoms with Gasteiger partial charge in [-0.2, -0.15) is 0 Å². The van der Waals surface area contributed by atoms with Gasteiger partial charge in [-0.3, -0.25) is 9.59 Å². The first-order chi connectivity index (χ1) is 11.1. The van der Waals surface area contributed by atoms with E-state index in [1.54, 1.807) is 18.0 Å². The molecule has 2 fully saturated rings. The van der Waals surface area contributed by atoms with E-state index in [0.717, 1.165) is 38.0 Å². The molecule has 2 heterocycles. The zero-order chi connectivity index (χ0) is 16.0. The quantitative estimate of drug-likeness (QED) is 0.852. The van der Waals surface area contributed by atoms with E-state index in [0.29, 0.717) is 11.4 Å². The maximum absolute atomic E-state index is 12.5. The fraction of sp³-hybridized carbons (Fsp3) is 0.529. The summed E-state index contributed by atoms with van der Waals surface area (Å²) in [7, 11) is 1.72. The molecule has 0 aromatic heterocycles. The second-order valence-corrected chi connectivity index (χ2v) is 6.78. The van der Waals surface area contributed by atoms with Crippen molar-refractivity contribution in [2.24, 2.45) is 11.3 Å². The topological polar surface area (TPSA) is 70.7 Å². The summed E-state index contributed by atoms with van der Waals surface area (Å²) in [5.41, 5.74) is 1.64. The van der Waals surface area contributed by atoms with Crippen LogP contribution in [0.25, 0.3) is 0 Å². The third-order valence-electron chi connectivity index (χ3n) is 5.42. The number of nitrogens with one attached hydrogen (secondary N) is 2. The average molecular weight is 352 g/mol. The lowest BCUT2D eigenvalue weighted by Crippen LogP contribution is -2.35. The summed E-state index contributed by atoms with van der Waals surface area (Å²) in [4.78, 5) is 25.8. The maximum Gasteiger partial charge on any atom is 0.264 e. The minimum atomic E-state index is -0.0863. The molecule has 1 saturated heterocycles. The number of benzene rings is 1. The summed E-state index contributed by atoms with van der Waals surface area (Å²) in [6.07, 6.45) is 3.16. The highest BCUT2D eigenvalue weighted by Gasteiger charge is 2.57. The van der Waals surface area contributed by atoms with E-state index in [9.17, 15) is 9.59 Å². The van der Waals surface area contributed by atoms with E-state index in [4.69, 9.17) is 4.74 Å². The summed E-state index contributed by atoms with van der Waals surface area (Å²) >= 11 is 0. The number of carbonyl (C=O) groups excluding carboxylic acids is 2. The van der Waals surface area contributed by atoms with Crippen LogP contribution in [0, 0.1) is 11.3 Å². The van der Waals surface area contributed by atoms with Gasteiger partial charge >= 0.3 is 0 Å². The van der Waals surface area contributed by atoms with Crippen molar-refractivity contribution in [2.45, 2.75) is 19.3 Å². The van der Waals surface area contributed by atoms with Gasteiger partial charge in [0.05, 0.1) is 5.69 Å². The zero-order valence-corrected chi connectivity index (χ0v) is 14.4. The van der Waals surface area contributed by atoms with E-state index >= 15 is 0 Å². The van der Waals surface area contributed by atoms with E-state index < -0.39 is 0 Å². The number of ether oxygens (including phenoxy) is 1. The lowest BCUT2D eigenvalue weighted by atomic mass is 9.92. The number of piperidine rings is 1. The smallest absolute Gasteiger partial charge is 0.264 e. The molecule has 2 aliphatic heterocycles. The molecule has 1 aromatic rings. The molecule has 2 N–H and O–H groups in total. The Morgan fingerprint density at radius 3 is 2.88 bits per heavy atom. The van der Waals surface area contributed by atoms with Crippen LogP contribution in [-0.2, 0) is 9.59 Å². The predicted molar refractivity (Wildman–Crippen MR) is 93.9 cm³/mol. The minimum Gasteiger partial charge on any atom is -0.482 e. The Morgan fingerprint density at radius 1 is 1.38 bits per heavy atom. The van der Waals surface area contributed by atoms with Crippen LogP contribution in [0.5, 0.6) is 5.75 Å². The van der Waals surface area contributed by atoms with Crippen molar-refractivity contribution in [3.8, 4) is 5.75 Å². The monoisotopic (exact) mass is 351 g/mol. The average Bonchev–Trinajstić information content (AvgIpc) is 3.25. The van der Waals surface area contributed by atoms with Crippen LogP contribution in [0.15, 0.2) is 18.2 Å². The second-order valence-electron chi connectivity index (χ2n) is 6.78. The van der Waals surface area contributed by atoms with Crippen LogP contribution in [0.1, 0.15) is 19.3 Å². The van der Waals surface area contributed by atoms with Gasteiger partial charge in [-0.05, 0) is 56.0 Å². The van der Waals surface area contributed by atoms with Crippen LogP contribution in [0.4, 0.5) is 11.4 Å². The lowest BCUT2D eigenvalue weighted by Gasteiger charge is -2.26. The van der Waals surface area contributed by atoms with Gasteiger partial charge in [0.2, 0.25) is 5.91 Å². The summed E-state index contributed by atoms with van der Waals surface area (Å²) in [6, 6.07) is 5.45. The standard InChI is InChI=1S/C17H21N3O3.ClH/c1-20-13-8-11(2-3-14(13)23-10-15(20)21)19-16(22)12-9-17(12)4-6-18-7-5-17;/h2-3,8,12,18H,4-7,9-10H2,1H3,(H,19,22);1H. The summed E-state index contributed by atoms with van der Waals surface area (Å²) < 4.78 is 5.41. The molecule has 1 saturated carbocycles. The molecule has 1 unspecified atom stereocenters. The van der Waals surface area contributed by atoms with Gasteiger partial charge in [-0.1, -0.05) is 0 Å².